The summed E-state index contributed by atoms with van der Waals surface area (Å²) in [4.78, 5) is 15.6. The largest absolute Gasteiger partial charge is 0.497 e. The Balaban J connectivity index is 1.76. The van der Waals surface area contributed by atoms with E-state index in [1.807, 2.05) is 36.4 Å². The van der Waals surface area contributed by atoms with Gasteiger partial charge < -0.3 is 23.5 Å². The fourth-order valence-electron chi connectivity index (χ4n) is 2.54. The van der Waals surface area contributed by atoms with Crippen LogP contribution in [0.5, 0.6) is 5.75 Å². The molecule has 7 nitrogen and oxygen atoms in total. The third-order valence-corrected chi connectivity index (χ3v) is 3.87. The third-order valence-electron chi connectivity index (χ3n) is 3.87. The van der Waals surface area contributed by atoms with Crippen molar-refractivity contribution >= 4 is 6.03 Å². The van der Waals surface area contributed by atoms with E-state index in [1.54, 1.807) is 38.4 Å². The molecule has 0 bridgehead atoms. The van der Waals surface area contributed by atoms with Crippen molar-refractivity contribution in [2.24, 2.45) is 0 Å². The Morgan fingerprint density at radius 2 is 1.92 bits per heavy atom. The SMILES string of the molecule is COc1ccc(-c2cc(CN(Cc3ccco3)C(=O)N(C)C)no2)cc1. The van der Waals surface area contributed by atoms with Crippen molar-refractivity contribution < 1.29 is 18.5 Å². The second kappa shape index (κ2) is 7.77. The first-order valence-corrected chi connectivity index (χ1v) is 8.15. The van der Waals surface area contributed by atoms with Crippen LogP contribution in [0, 0.1) is 0 Å². The summed E-state index contributed by atoms with van der Waals surface area (Å²) in [6, 6.07) is 12.8. The predicted octanol–water partition coefficient (Wildman–Crippen LogP) is 3.63. The molecule has 0 saturated heterocycles. The van der Waals surface area contributed by atoms with Crippen molar-refractivity contribution in [1.82, 2.24) is 15.0 Å². The van der Waals surface area contributed by atoms with Gasteiger partial charge in [-0.2, -0.15) is 0 Å². The number of ether oxygens (including phenoxy) is 1. The number of hydrogen-bond acceptors (Lipinski definition) is 5. The molecule has 0 fully saturated rings. The van der Waals surface area contributed by atoms with Gasteiger partial charge in [0, 0.05) is 25.7 Å². The average molecular weight is 355 g/mol. The minimum Gasteiger partial charge on any atom is -0.497 e. The van der Waals surface area contributed by atoms with Crippen LogP contribution in [0.2, 0.25) is 0 Å². The van der Waals surface area contributed by atoms with Crippen molar-refractivity contribution in [2.45, 2.75) is 13.1 Å². The molecule has 0 spiro atoms. The highest BCUT2D eigenvalue weighted by molar-refractivity contribution is 5.73. The van der Waals surface area contributed by atoms with E-state index in [4.69, 9.17) is 13.7 Å². The highest BCUT2D eigenvalue weighted by atomic mass is 16.5. The second-order valence-corrected chi connectivity index (χ2v) is 6.02. The molecular formula is C19H21N3O4. The number of nitrogens with zero attached hydrogens (tertiary/aromatic N) is 3. The first-order chi connectivity index (χ1) is 12.6. The zero-order valence-corrected chi connectivity index (χ0v) is 15.0. The maximum atomic E-state index is 12.5. The Bertz CT molecular complexity index is 838. The minimum atomic E-state index is -0.129. The molecule has 0 atom stereocenters. The lowest BCUT2D eigenvalue weighted by molar-refractivity contribution is 0.159. The quantitative estimate of drug-likeness (QED) is 0.675. The summed E-state index contributed by atoms with van der Waals surface area (Å²) in [7, 11) is 5.04. The number of urea groups is 1. The van der Waals surface area contributed by atoms with E-state index in [2.05, 4.69) is 5.16 Å². The molecule has 136 valence electrons. The summed E-state index contributed by atoms with van der Waals surface area (Å²) in [5.41, 5.74) is 1.55. The van der Waals surface area contributed by atoms with Crippen LogP contribution in [0.1, 0.15) is 11.5 Å². The Kier molecular flexibility index (Phi) is 5.26. The number of hydrogen-bond donors (Lipinski definition) is 0. The number of carbonyl (C=O) groups excluding carboxylic acids is 1. The van der Waals surface area contributed by atoms with Crippen molar-refractivity contribution in [3.8, 4) is 17.1 Å². The Morgan fingerprint density at radius 3 is 2.54 bits per heavy atom. The van der Waals surface area contributed by atoms with Crippen LogP contribution in [-0.2, 0) is 13.1 Å². The molecule has 2 aromatic heterocycles. The van der Waals surface area contributed by atoms with Crippen molar-refractivity contribution in [3.05, 3.63) is 60.2 Å². The fourth-order valence-corrected chi connectivity index (χ4v) is 2.54. The summed E-state index contributed by atoms with van der Waals surface area (Å²) in [6.45, 7) is 0.673. The molecule has 0 N–H and O–H groups in total. The average Bonchev–Trinajstić information content (AvgIpc) is 3.32. The van der Waals surface area contributed by atoms with Gasteiger partial charge in [-0.05, 0) is 36.4 Å². The topological polar surface area (TPSA) is 72.0 Å². The van der Waals surface area contributed by atoms with Crippen LogP contribution in [0.15, 0.2) is 57.7 Å². The van der Waals surface area contributed by atoms with E-state index in [0.717, 1.165) is 11.3 Å². The zero-order chi connectivity index (χ0) is 18.5. The van der Waals surface area contributed by atoms with Crippen LogP contribution in [0.4, 0.5) is 4.79 Å². The van der Waals surface area contributed by atoms with Crippen LogP contribution < -0.4 is 4.74 Å². The summed E-state index contributed by atoms with van der Waals surface area (Å²) in [6.07, 6.45) is 1.59. The van der Waals surface area contributed by atoms with Gasteiger partial charge >= 0.3 is 6.03 Å². The van der Waals surface area contributed by atoms with E-state index >= 15 is 0 Å². The summed E-state index contributed by atoms with van der Waals surface area (Å²) >= 11 is 0. The molecule has 3 rings (SSSR count). The third kappa shape index (κ3) is 4.05. The maximum absolute atomic E-state index is 12.5. The van der Waals surface area contributed by atoms with Crippen LogP contribution >= 0.6 is 0 Å². The lowest BCUT2D eigenvalue weighted by Gasteiger charge is -2.24. The van der Waals surface area contributed by atoms with E-state index in [0.29, 0.717) is 30.3 Å². The van der Waals surface area contributed by atoms with Gasteiger partial charge in [-0.1, -0.05) is 5.16 Å². The van der Waals surface area contributed by atoms with Crippen LogP contribution in [0.3, 0.4) is 0 Å². The Labute approximate surface area is 151 Å². The molecule has 2 amide bonds. The first kappa shape index (κ1) is 17.6. The summed E-state index contributed by atoms with van der Waals surface area (Å²) in [5, 5.41) is 4.10. The van der Waals surface area contributed by atoms with Gasteiger partial charge in [0.15, 0.2) is 5.76 Å². The normalized spacial score (nSPS) is 10.6. The Hall–Kier alpha value is -3.22. The van der Waals surface area contributed by atoms with Gasteiger partial charge in [-0.3, -0.25) is 0 Å². The number of furan rings is 1. The van der Waals surface area contributed by atoms with Crippen LogP contribution in [-0.4, -0.2) is 42.2 Å². The van der Waals surface area contributed by atoms with Gasteiger partial charge in [0.05, 0.1) is 26.5 Å². The number of amides is 2. The molecule has 3 aromatic rings. The molecule has 2 heterocycles. The fraction of sp³-hybridized carbons (Fsp3) is 0.263. The number of aromatic nitrogens is 1. The predicted molar refractivity (Wildman–Crippen MR) is 95.5 cm³/mol. The molecule has 0 unspecified atom stereocenters. The maximum Gasteiger partial charge on any atom is 0.320 e. The number of benzene rings is 1. The molecule has 0 aliphatic heterocycles. The molecule has 7 heteroatoms. The molecule has 26 heavy (non-hydrogen) atoms. The smallest absolute Gasteiger partial charge is 0.320 e. The molecule has 0 aliphatic carbocycles. The van der Waals surface area contributed by atoms with E-state index in [1.165, 1.54) is 4.90 Å². The highest BCUT2D eigenvalue weighted by Gasteiger charge is 2.19. The summed E-state index contributed by atoms with van der Waals surface area (Å²) in [5.74, 6) is 2.12. The van der Waals surface area contributed by atoms with Gasteiger partial charge in [0.2, 0.25) is 0 Å². The van der Waals surface area contributed by atoms with Gasteiger partial charge in [0.1, 0.15) is 17.2 Å². The van der Waals surface area contributed by atoms with E-state index in [-0.39, 0.29) is 6.03 Å². The van der Waals surface area contributed by atoms with E-state index < -0.39 is 0 Å². The molecule has 0 saturated carbocycles. The molecule has 1 aromatic carbocycles. The standard InChI is InChI=1S/C19H21N3O4/c1-21(2)19(23)22(13-17-5-4-10-25-17)12-15-11-18(26-20-15)14-6-8-16(24-3)9-7-14/h4-11H,12-13H2,1-3H3. The van der Waals surface area contributed by atoms with E-state index in [9.17, 15) is 4.79 Å². The van der Waals surface area contributed by atoms with Gasteiger partial charge in [-0.25, -0.2) is 4.79 Å². The molecular weight excluding hydrogens is 334 g/mol. The lowest BCUT2D eigenvalue weighted by Crippen LogP contribution is -2.38. The molecule has 0 radical (unpaired) electrons. The summed E-state index contributed by atoms with van der Waals surface area (Å²) < 4.78 is 16.0. The number of rotatable bonds is 6. The number of methoxy groups -OCH3 is 1. The monoisotopic (exact) mass is 355 g/mol. The lowest BCUT2D eigenvalue weighted by atomic mass is 10.1. The first-order valence-electron chi connectivity index (χ1n) is 8.15. The number of carbonyl (C=O) groups is 1. The zero-order valence-electron chi connectivity index (χ0n) is 15.0. The second-order valence-electron chi connectivity index (χ2n) is 6.02. The van der Waals surface area contributed by atoms with Crippen molar-refractivity contribution in [3.63, 3.8) is 0 Å². The van der Waals surface area contributed by atoms with Gasteiger partial charge in [-0.15, -0.1) is 0 Å². The van der Waals surface area contributed by atoms with Crippen molar-refractivity contribution in [2.75, 3.05) is 21.2 Å². The molecule has 0 aliphatic rings. The minimum absolute atomic E-state index is 0.129. The Morgan fingerprint density at radius 1 is 1.15 bits per heavy atom. The van der Waals surface area contributed by atoms with Gasteiger partial charge in [0.25, 0.3) is 0 Å². The van der Waals surface area contributed by atoms with Crippen LogP contribution in [0.25, 0.3) is 11.3 Å². The highest BCUT2D eigenvalue weighted by Crippen LogP contribution is 2.24. The van der Waals surface area contributed by atoms with Crippen molar-refractivity contribution in [1.29, 1.82) is 0 Å².